The summed E-state index contributed by atoms with van der Waals surface area (Å²) >= 11 is 0. The molecule has 1 unspecified atom stereocenters. The summed E-state index contributed by atoms with van der Waals surface area (Å²) in [5.41, 5.74) is 5.34. The van der Waals surface area contributed by atoms with Gasteiger partial charge in [0, 0.05) is 19.4 Å². The summed E-state index contributed by atoms with van der Waals surface area (Å²) in [6, 6.07) is 0. The summed E-state index contributed by atoms with van der Waals surface area (Å²) in [7, 11) is -4.37. The number of carbonyl (C=O) groups excluding carboxylic acids is 2. The van der Waals surface area contributed by atoms with Gasteiger partial charge in [0.2, 0.25) is 0 Å². The van der Waals surface area contributed by atoms with E-state index in [0.717, 1.165) is 38.0 Å². The van der Waals surface area contributed by atoms with Gasteiger partial charge < -0.3 is 20.1 Å². The molecular formula is C40H80NO8P. The van der Waals surface area contributed by atoms with Crippen LogP contribution >= 0.6 is 7.82 Å². The molecule has 0 aromatic heterocycles. The molecule has 0 aromatic carbocycles. The Balaban J connectivity index is 4.19. The van der Waals surface area contributed by atoms with Crippen LogP contribution in [0.5, 0.6) is 0 Å². The maximum Gasteiger partial charge on any atom is 0.472 e. The Labute approximate surface area is 307 Å². The van der Waals surface area contributed by atoms with Crippen molar-refractivity contribution >= 4 is 19.8 Å². The number of esters is 2. The molecule has 0 saturated carbocycles. The van der Waals surface area contributed by atoms with E-state index in [1.54, 1.807) is 0 Å². The minimum absolute atomic E-state index is 0.0571. The second-order valence-electron chi connectivity index (χ2n) is 14.5. The van der Waals surface area contributed by atoms with Gasteiger partial charge in [-0.25, -0.2) is 4.57 Å². The van der Waals surface area contributed by atoms with E-state index in [9.17, 15) is 19.0 Å². The molecule has 9 nitrogen and oxygen atoms in total. The number of phosphoric acid groups is 1. The summed E-state index contributed by atoms with van der Waals surface area (Å²) in [5, 5.41) is 0. The number of unbranched alkanes of at least 4 members (excludes halogenated alkanes) is 22. The minimum Gasteiger partial charge on any atom is -0.462 e. The molecule has 0 bridgehead atoms. The standard InChI is InChI=1S/C40H80NO8P/c1-4-6-8-10-12-13-14-15-16-17-18-24-28-32-40(43)49-38(36-48-50(44,45)47-34-33-41)35-46-39(42)31-27-23-20-19-22-26-30-37(3)29-25-21-11-9-7-5-2/h37-38H,4-36,41H2,1-3H3,(H,44,45)/t37-,38-/m1/s1. The average molecular weight is 734 g/mol. The molecule has 3 N–H and O–H groups in total. The molecule has 0 spiro atoms. The number of ether oxygens (including phenoxy) is 2. The van der Waals surface area contributed by atoms with E-state index in [1.165, 1.54) is 135 Å². The molecule has 0 aromatic rings. The Morgan fingerprint density at radius 3 is 1.42 bits per heavy atom. The molecule has 0 aliphatic carbocycles. The molecule has 0 heterocycles. The van der Waals surface area contributed by atoms with Gasteiger partial charge in [-0.05, 0) is 18.8 Å². The Bertz CT molecular complexity index is 814. The van der Waals surface area contributed by atoms with E-state index in [4.69, 9.17) is 24.3 Å². The third-order valence-electron chi connectivity index (χ3n) is 9.39. The lowest BCUT2D eigenvalue weighted by molar-refractivity contribution is -0.161. The van der Waals surface area contributed by atoms with E-state index in [2.05, 4.69) is 20.8 Å². The predicted octanol–water partition coefficient (Wildman–Crippen LogP) is 11.5. The van der Waals surface area contributed by atoms with Gasteiger partial charge in [-0.1, -0.05) is 181 Å². The zero-order valence-corrected chi connectivity index (χ0v) is 33.7. The van der Waals surface area contributed by atoms with Crippen LogP contribution in [0.1, 0.15) is 207 Å². The normalized spacial score (nSPS) is 13.9. The van der Waals surface area contributed by atoms with Crippen LogP contribution in [0.15, 0.2) is 0 Å². The average Bonchev–Trinajstić information content (AvgIpc) is 3.09. The van der Waals surface area contributed by atoms with Gasteiger partial charge >= 0.3 is 19.8 Å². The fourth-order valence-corrected chi connectivity index (χ4v) is 6.94. The fraction of sp³-hybridized carbons (Fsp3) is 0.950. The van der Waals surface area contributed by atoms with Gasteiger partial charge in [0.15, 0.2) is 6.10 Å². The van der Waals surface area contributed by atoms with Crippen molar-refractivity contribution in [2.75, 3.05) is 26.4 Å². The highest BCUT2D eigenvalue weighted by Gasteiger charge is 2.26. The van der Waals surface area contributed by atoms with Crippen LogP contribution in [0.25, 0.3) is 0 Å². The molecule has 0 fully saturated rings. The molecule has 3 atom stereocenters. The molecule has 0 aliphatic rings. The molecular weight excluding hydrogens is 653 g/mol. The summed E-state index contributed by atoms with van der Waals surface area (Å²) < 4.78 is 32.8. The highest BCUT2D eigenvalue weighted by atomic mass is 31.2. The van der Waals surface area contributed by atoms with Crippen molar-refractivity contribution < 1.29 is 37.6 Å². The molecule has 0 aliphatic heterocycles. The van der Waals surface area contributed by atoms with E-state index in [1.807, 2.05) is 0 Å². The maximum atomic E-state index is 12.5. The van der Waals surface area contributed by atoms with E-state index < -0.39 is 26.5 Å². The monoisotopic (exact) mass is 734 g/mol. The molecule has 0 radical (unpaired) electrons. The molecule has 10 heteroatoms. The zero-order chi connectivity index (χ0) is 37.0. The third-order valence-corrected chi connectivity index (χ3v) is 10.4. The topological polar surface area (TPSA) is 134 Å². The van der Waals surface area contributed by atoms with Crippen molar-refractivity contribution in [2.24, 2.45) is 11.7 Å². The van der Waals surface area contributed by atoms with Crippen molar-refractivity contribution in [1.29, 1.82) is 0 Å². The van der Waals surface area contributed by atoms with Crippen LogP contribution < -0.4 is 5.73 Å². The lowest BCUT2D eigenvalue weighted by atomic mass is 9.96. The van der Waals surface area contributed by atoms with E-state index in [-0.39, 0.29) is 38.6 Å². The highest BCUT2D eigenvalue weighted by Crippen LogP contribution is 2.43. The fourth-order valence-electron chi connectivity index (χ4n) is 6.18. The quantitative estimate of drug-likeness (QED) is 0.0359. The predicted molar refractivity (Wildman–Crippen MR) is 206 cm³/mol. The van der Waals surface area contributed by atoms with E-state index >= 15 is 0 Å². The van der Waals surface area contributed by atoms with Crippen molar-refractivity contribution in [3.63, 3.8) is 0 Å². The van der Waals surface area contributed by atoms with Crippen LogP contribution in [0.2, 0.25) is 0 Å². The van der Waals surface area contributed by atoms with Crippen LogP contribution in [0.3, 0.4) is 0 Å². The first-order valence-corrected chi connectivity index (χ1v) is 22.4. The van der Waals surface area contributed by atoms with Crippen LogP contribution in [-0.2, 0) is 32.7 Å². The number of hydrogen-bond donors (Lipinski definition) is 2. The molecule has 298 valence electrons. The Kier molecular flexibility index (Phi) is 35.7. The third kappa shape index (κ3) is 35.4. The van der Waals surface area contributed by atoms with Gasteiger partial charge in [0.25, 0.3) is 0 Å². The summed E-state index contributed by atoms with van der Waals surface area (Å²) in [4.78, 5) is 34.8. The first-order chi connectivity index (χ1) is 24.2. The Morgan fingerprint density at radius 1 is 0.580 bits per heavy atom. The number of carbonyl (C=O) groups is 2. The number of nitrogens with two attached hydrogens (primary N) is 1. The van der Waals surface area contributed by atoms with Crippen molar-refractivity contribution in [3.05, 3.63) is 0 Å². The van der Waals surface area contributed by atoms with Crippen molar-refractivity contribution in [1.82, 2.24) is 0 Å². The maximum absolute atomic E-state index is 12.5. The minimum atomic E-state index is -4.37. The Morgan fingerprint density at radius 2 is 0.980 bits per heavy atom. The zero-order valence-electron chi connectivity index (χ0n) is 32.8. The summed E-state index contributed by atoms with van der Waals surface area (Å²) in [5.74, 6) is -0.00534. The van der Waals surface area contributed by atoms with Crippen molar-refractivity contribution in [3.8, 4) is 0 Å². The molecule has 0 rings (SSSR count). The van der Waals surface area contributed by atoms with Crippen LogP contribution in [0, 0.1) is 5.92 Å². The second-order valence-corrected chi connectivity index (χ2v) is 15.9. The summed E-state index contributed by atoms with van der Waals surface area (Å²) in [6.07, 6.45) is 32.6. The number of rotatable bonds is 39. The number of hydrogen-bond acceptors (Lipinski definition) is 8. The van der Waals surface area contributed by atoms with Gasteiger partial charge in [-0.3, -0.25) is 18.6 Å². The van der Waals surface area contributed by atoms with Gasteiger partial charge in [0.05, 0.1) is 13.2 Å². The SMILES string of the molecule is CCCCCCCCCCCCCCCC(=O)O[C@H](COC(=O)CCCCCCCC[C@H](C)CCCCCCCC)COP(=O)(O)OCCN. The summed E-state index contributed by atoms with van der Waals surface area (Å²) in [6.45, 7) is 6.14. The lowest BCUT2D eigenvalue weighted by Crippen LogP contribution is -2.29. The van der Waals surface area contributed by atoms with Gasteiger partial charge in [0.1, 0.15) is 6.61 Å². The second kappa shape index (κ2) is 36.4. The highest BCUT2D eigenvalue weighted by molar-refractivity contribution is 7.47. The van der Waals surface area contributed by atoms with Crippen LogP contribution in [-0.4, -0.2) is 49.3 Å². The molecule has 0 saturated heterocycles. The molecule has 50 heavy (non-hydrogen) atoms. The van der Waals surface area contributed by atoms with E-state index in [0.29, 0.717) is 6.42 Å². The smallest absolute Gasteiger partial charge is 0.462 e. The molecule has 0 amide bonds. The lowest BCUT2D eigenvalue weighted by Gasteiger charge is -2.19. The number of phosphoric ester groups is 1. The first kappa shape index (κ1) is 49.0. The van der Waals surface area contributed by atoms with Gasteiger partial charge in [-0.2, -0.15) is 0 Å². The van der Waals surface area contributed by atoms with Crippen molar-refractivity contribution in [2.45, 2.75) is 213 Å². The van der Waals surface area contributed by atoms with Crippen LogP contribution in [0.4, 0.5) is 0 Å². The Hall–Kier alpha value is -0.990. The largest absolute Gasteiger partial charge is 0.472 e. The van der Waals surface area contributed by atoms with Gasteiger partial charge in [-0.15, -0.1) is 0 Å². The first-order valence-electron chi connectivity index (χ1n) is 20.9.